The van der Waals surface area contributed by atoms with E-state index in [2.05, 4.69) is 31.7 Å². The van der Waals surface area contributed by atoms with Gasteiger partial charge in [0, 0.05) is 25.2 Å². The molecule has 0 aliphatic carbocycles. The van der Waals surface area contributed by atoms with Crippen LogP contribution in [0, 0.1) is 0 Å². The first-order valence-corrected chi connectivity index (χ1v) is 9.21. The molecule has 9 heteroatoms. The zero-order valence-corrected chi connectivity index (χ0v) is 17.4. The molecule has 7 nitrogen and oxygen atoms in total. The number of thiocarbonyl (C=S) groups is 2. The van der Waals surface area contributed by atoms with Crippen molar-refractivity contribution in [2.45, 2.75) is 0 Å². The van der Waals surface area contributed by atoms with E-state index >= 15 is 0 Å². The van der Waals surface area contributed by atoms with Crippen LogP contribution in [-0.4, -0.2) is 42.9 Å². The lowest BCUT2D eigenvalue weighted by molar-refractivity contribution is 0.415. The lowest BCUT2D eigenvalue weighted by atomic mass is 10.00. The van der Waals surface area contributed by atoms with Gasteiger partial charge in [-0.25, -0.2) is 0 Å². The van der Waals surface area contributed by atoms with Crippen LogP contribution in [0.5, 0.6) is 5.75 Å². The highest BCUT2D eigenvalue weighted by molar-refractivity contribution is 7.80. The van der Waals surface area contributed by atoms with Crippen molar-refractivity contribution >= 4 is 46.1 Å². The van der Waals surface area contributed by atoms with Crippen LogP contribution in [0.3, 0.4) is 0 Å². The highest BCUT2D eigenvalue weighted by Gasteiger charge is 2.16. The van der Waals surface area contributed by atoms with E-state index in [1.54, 1.807) is 21.2 Å². The van der Waals surface area contributed by atoms with Crippen molar-refractivity contribution in [3.8, 4) is 5.75 Å². The fraction of sp³-hybridized carbons (Fsp3) is 0.158. The van der Waals surface area contributed by atoms with Crippen molar-refractivity contribution in [1.29, 1.82) is 0 Å². The van der Waals surface area contributed by atoms with Crippen LogP contribution in [0.1, 0.15) is 11.1 Å². The molecule has 0 aliphatic heterocycles. The largest absolute Gasteiger partial charge is 0.497 e. The number of hydrogen-bond acceptors (Lipinski definition) is 5. The molecule has 0 aliphatic rings. The monoisotopic (exact) mass is 414 g/mol. The third kappa shape index (κ3) is 6.00. The van der Waals surface area contributed by atoms with E-state index in [-0.39, 0.29) is 0 Å². The quantitative estimate of drug-likeness (QED) is 0.327. The third-order valence-corrected chi connectivity index (χ3v) is 4.22. The molecule has 4 N–H and O–H groups in total. The minimum absolute atomic E-state index is 0.386. The second-order valence-corrected chi connectivity index (χ2v) is 6.21. The maximum atomic E-state index is 5.25. The molecule has 0 radical (unpaired) electrons. The molecule has 2 rings (SSSR count). The summed E-state index contributed by atoms with van der Waals surface area (Å²) in [6.07, 6.45) is 0. The normalized spacial score (nSPS) is 11.4. The van der Waals surface area contributed by atoms with Gasteiger partial charge >= 0.3 is 0 Å². The fourth-order valence-electron chi connectivity index (χ4n) is 2.18. The Hall–Kier alpha value is -3.04. The summed E-state index contributed by atoms with van der Waals surface area (Å²) in [5, 5.41) is 15.4. The summed E-state index contributed by atoms with van der Waals surface area (Å²) in [6, 6.07) is 17.2. The molecule has 0 saturated heterocycles. The zero-order chi connectivity index (χ0) is 20.4. The summed E-state index contributed by atoms with van der Waals surface area (Å²) >= 11 is 10.3. The second kappa shape index (κ2) is 11.0. The number of nitrogens with zero attached hydrogens (tertiary/aromatic N) is 2. The smallest absolute Gasteiger partial charge is 0.186 e. The highest BCUT2D eigenvalue weighted by atomic mass is 32.1. The van der Waals surface area contributed by atoms with Crippen LogP contribution in [-0.2, 0) is 0 Å². The van der Waals surface area contributed by atoms with Gasteiger partial charge in [-0.1, -0.05) is 30.3 Å². The lowest BCUT2D eigenvalue weighted by Crippen LogP contribution is -2.33. The van der Waals surface area contributed by atoms with Gasteiger partial charge in [0.05, 0.1) is 7.11 Å². The van der Waals surface area contributed by atoms with E-state index in [0.29, 0.717) is 21.6 Å². The van der Waals surface area contributed by atoms with E-state index in [9.17, 15) is 0 Å². The molecule has 0 unspecified atom stereocenters. The van der Waals surface area contributed by atoms with E-state index < -0.39 is 0 Å². The van der Waals surface area contributed by atoms with Crippen LogP contribution in [0.2, 0.25) is 0 Å². The van der Waals surface area contributed by atoms with E-state index in [1.807, 2.05) is 54.6 Å². The Morgan fingerprint density at radius 2 is 1.21 bits per heavy atom. The number of nitrogens with one attached hydrogen (secondary N) is 4. The van der Waals surface area contributed by atoms with E-state index in [1.165, 1.54) is 0 Å². The summed E-state index contributed by atoms with van der Waals surface area (Å²) in [5.41, 5.74) is 8.52. The predicted molar refractivity (Wildman–Crippen MR) is 122 cm³/mol. The van der Waals surface area contributed by atoms with Crippen molar-refractivity contribution in [2.24, 2.45) is 10.2 Å². The summed E-state index contributed by atoms with van der Waals surface area (Å²) in [5.74, 6) is 0.745. The summed E-state index contributed by atoms with van der Waals surface area (Å²) in [6.45, 7) is 0. The topological polar surface area (TPSA) is 82.1 Å². The number of hydrazone groups is 2. The SMILES string of the molecule is CNC(=S)NN=C(C(=NNC(=S)NC)c1ccc(OC)cc1)c1ccccc1. The average Bonchev–Trinajstić information content (AvgIpc) is 2.76. The van der Waals surface area contributed by atoms with Gasteiger partial charge in [0.15, 0.2) is 10.2 Å². The van der Waals surface area contributed by atoms with Gasteiger partial charge in [0.25, 0.3) is 0 Å². The first-order valence-electron chi connectivity index (χ1n) is 8.40. The molecule has 0 spiro atoms. The zero-order valence-electron chi connectivity index (χ0n) is 15.8. The first-order chi connectivity index (χ1) is 13.6. The van der Waals surface area contributed by atoms with Gasteiger partial charge in [-0.3, -0.25) is 10.9 Å². The van der Waals surface area contributed by atoms with Crippen LogP contribution >= 0.6 is 24.4 Å². The molecule has 0 amide bonds. The van der Waals surface area contributed by atoms with Crippen molar-refractivity contribution in [3.05, 3.63) is 65.7 Å². The van der Waals surface area contributed by atoms with Crippen LogP contribution in [0.25, 0.3) is 0 Å². The van der Waals surface area contributed by atoms with Gasteiger partial charge in [0.2, 0.25) is 0 Å². The number of ether oxygens (including phenoxy) is 1. The molecular weight excluding hydrogens is 392 g/mol. The Morgan fingerprint density at radius 1 is 0.750 bits per heavy atom. The van der Waals surface area contributed by atoms with Crippen molar-refractivity contribution < 1.29 is 4.74 Å². The van der Waals surface area contributed by atoms with E-state index in [4.69, 9.17) is 29.2 Å². The average molecular weight is 415 g/mol. The number of benzene rings is 2. The van der Waals surface area contributed by atoms with Gasteiger partial charge in [-0.2, -0.15) is 10.2 Å². The van der Waals surface area contributed by atoms with Crippen molar-refractivity contribution in [3.63, 3.8) is 0 Å². The van der Waals surface area contributed by atoms with E-state index in [0.717, 1.165) is 16.9 Å². The minimum atomic E-state index is 0.386. The first kappa shape index (κ1) is 21.3. The molecule has 0 saturated carbocycles. The minimum Gasteiger partial charge on any atom is -0.497 e. The molecule has 2 aromatic carbocycles. The maximum Gasteiger partial charge on any atom is 0.186 e. The van der Waals surface area contributed by atoms with Gasteiger partial charge in [-0.15, -0.1) is 0 Å². The Labute approximate surface area is 175 Å². The Kier molecular flexibility index (Phi) is 8.32. The second-order valence-electron chi connectivity index (χ2n) is 5.40. The highest BCUT2D eigenvalue weighted by Crippen LogP contribution is 2.15. The van der Waals surface area contributed by atoms with Crippen molar-refractivity contribution in [1.82, 2.24) is 21.5 Å². The maximum absolute atomic E-state index is 5.25. The van der Waals surface area contributed by atoms with Crippen LogP contribution < -0.4 is 26.2 Å². The summed E-state index contributed by atoms with van der Waals surface area (Å²) < 4.78 is 5.25. The Balaban J connectivity index is 2.55. The molecular formula is C19H22N6OS2. The summed E-state index contributed by atoms with van der Waals surface area (Å²) in [4.78, 5) is 0. The predicted octanol–water partition coefficient (Wildman–Crippen LogP) is 1.99. The summed E-state index contributed by atoms with van der Waals surface area (Å²) in [7, 11) is 5.06. The fourth-order valence-corrected chi connectivity index (χ4v) is 2.27. The third-order valence-electron chi connectivity index (χ3n) is 3.63. The number of methoxy groups -OCH3 is 1. The lowest BCUT2D eigenvalue weighted by Gasteiger charge is -2.13. The standard InChI is InChI=1S/C19H22N6OS2/c1-20-18(27)24-22-16(13-7-5-4-6-8-13)17(23-25-19(28)21-2)14-9-11-15(26-3)12-10-14/h4-12H,1-3H3,(H2,20,24,27)(H2,21,25,28). The van der Waals surface area contributed by atoms with Gasteiger partial charge < -0.3 is 15.4 Å². The molecule has 0 atom stereocenters. The molecule has 0 bridgehead atoms. The Morgan fingerprint density at radius 3 is 1.64 bits per heavy atom. The number of rotatable bonds is 6. The molecule has 0 aromatic heterocycles. The Bertz CT molecular complexity index is 866. The van der Waals surface area contributed by atoms with Gasteiger partial charge in [0.1, 0.15) is 17.2 Å². The molecule has 0 heterocycles. The molecule has 2 aromatic rings. The molecule has 146 valence electrons. The molecule has 28 heavy (non-hydrogen) atoms. The number of hydrogen-bond donors (Lipinski definition) is 4. The van der Waals surface area contributed by atoms with Crippen LogP contribution in [0.4, 0.5) is 0 Å². The van der Waals surface area contributed by atoms with Crippen molar-refractivity contribution in [2.75, 3.05) is 21.2 Å². The van der Waals surface area contributed by atoms with Crippen LogP contribution in [0.15, 0.2) is 64.8 Å². The van der Waals surface area contributed by atoms with Gasteiger partial charge in [-0.05, 0) is 48.7 Å². The molecule has 0 fully saturated rings.